The van der Waals surface area contributed by atoms with E-state index < -0.39 is 0 Å². The molecular weight excluding hydrogens is 236 g/mol. The van der Waals surface area contributed by atoms with E-state index in [1.807, 2.05) is 13.8 Å². The number of rotatable bonds is 6. The van der Waals surface area contributed by atoms with Gasteiger partial charge in [-0.15, -0.1) is 0 Å². The molecule has 0 bridgehead atoms. The first-order chi connectivity index (χ1) is 9.06. The summed E-state index contributed by atoms with van der Waals surface area (Å²) in [6.07, 6.45) is 6.18. The van der Waals surface area contributed by atoms with Gasteiger partial charge in [0.25, 0.3) is 0 Å². The van der Waals surface area contributed by atoms with E-state index in [9.17, 15) is 4.79 Å². The van der Waals surface area contributed by atoms with E-state index in [4.69, 9.17) is 0 Å². The molecule has 0 aliphatic carbocycles. The van der Waals surface area contributed by atoms with Gasteiger partial charge in [0.2, 0.25) is 5.91 Å². The van der Waals surface area contributed by atoms with E-state index in [0.717, 1.165) is 19.5 Å². The molecule has 0 N–H and O–H groups in total. The standard InChI is InChI=1S/C14H28N2O.C2H6/c1-5-6-7-10-15(4)11-14-9-8-12(2)16(14)13(3)17;1-2/h12,14H,5-11H2,1-4H3;1-2H3/t12-,14-;/m1./s1. The van der Waals surface area contributed by atoms with Gasteiger partial charge in [-0.05, 0) is 39.8 Å². The van der Waals surface area contributed by atoms with Crippen LogP contribution in [0.3, 0.4) is 0 Å². The fraction of sp³-hybridized carbons (Fsp3) is 0.938. The third-order valence-electron chi connectivity index (χ3n) is 3.82. The summed E-state index contributed by atoms with van der Waals surface area (Å²) in [5.74, 6) is 0.238. The predicted octanol–water partition coefficient (Wildman–Crippen LogP) is 3.53. The van der Waals surface area contributed by atoms with Crippen molar-refractivity contribution < 1.29 is 4.79 Å². The maximum absolute atomic E-state index is 11.6. The number of carbonyl (C=O) groups excluding carboxylic acids is 1. The van der Waals surface area contributed by atoms with Crippen LogP contribution < -0.4 is 0 Å². The molecule has 2 atom stereocenters. The predicted molar refractivity (Wildman–Crippen MR) is 83.4 cm³/mol. The van der Waals surface area contributed by atoms with Crippen LogP contribution >= 0.6 is 0 Å². The number of nitrogens with zero attached hydrogens (tertiary/aromatic N) is 2. The van der Waals surface area contributed by atoms with Crippen molar-refractivity contribution in [2.45, 2.75) is 78.8 Å². The van der Waals surface area contributed by atoms with Crippen molar-refractivity contribution in [1.29, 1.82) is 0 Å². The van der Waals surface area contributed by atoms with Gasteiger partial charge in [-0.25, -0.2) is 0 Å². The third kappa shape index (κ3) is 6.42. The molecule has 114 valence electrons. The van der Waals surface area contributed by atoms with E-state index in [1.54, 1.807) is 6.92 Å². The van der Waals surface area contributed by atoms with Crippen molar-refractivity contribution in [3.8, 4) is 0 Å². The number of unbranched alkanes of at least 4 members (excludes halogenated alkanes) is 2. The Kier molecular flexibility index (Phi) is 9.94. The molecule has 3 nitrogen and oxygen atoms in total. The monoisotopic (exact) mass is 270 g/mol. The lowest BCUT2D eigenvalue weighted by atomic mass is 10.2. The van der Waals surface area contributed by atoms with Gasteiger partial charge in [-0.2, -0.15) is 0 Å². The molecule has 0 aromatic carbocycles. The first-order valence-corrected chi connectivity index (χ1v) is 8.03. The summed E-state index contributed by atoms with van der Waals surface area (Å²) in [5.41, 5.74) is 0. The van der Waals surface area contributed by atoms with Gasteiger partial charge in [0.15, 0.2) is 0 Å². The molecule has 1 rings (SSSR count). The van der Waals surface area contributed by atoms with E-state index >= 15 is 0 Å². The fourth-order valence-corrected chi connectivity index (χ4v) is 2.90. The summed E-state index contributed by atoms with van der Waals surface area (Å²) in [5, 5.41) is 0. The van der Waals surface area contributed by atoms with Crippen LogP contribution in [0.4, 0.5) is 0 Å². The van der Waals surface area contributed by atoms with E-state index in [1.165, 1.54) is 25.7 Å². The van der Waals surface area contributed by atoms with Crippen LogP contribution in [0.2, 0.25) is 0 Å². The highest BCUT2D eigenvalue weighted by molar-refractivity contribution is 5.74. The van der Waals surface area contributed by atoms with Gasteiger partial charge >= 0.3 is 0 Å². The van der Waals surface area contributed by atoms with Gasteiger partial charge in [0, 0.05) is 25.6 Å². The molecule has 0 unspecified atom stereocenters. The number of hydrogen-bond donors (Lipinski definition) is 0. The smallest absolute Gasteiger partial charge is 0.219 e. The summed E-state index contributed by atoms with van der Waals surface area (Å²) < 4.78 is 0. The maximum Gasteiger partial charge on any atom is 0.219 e. The van der Waals surface area contributed by atoms with Crippen molar-refractivity contribution in [3.63, 3.8) is 0 Å². The van der Waals surface area contributed by atoms with Crippen LogP contribution in [0.1, 0.15) is 66.7 Å². The van der Waals surface area contributed by atoms with E-state index in [0.29, 0.717) is 12.1 Å². The first-order valence-electron chi connectivity index (χ1n) is 8.03. The van der Waals surface area contributed by atoms with Crippen LogP contribution in [0.15, 0.2) is 0 Å². The highest BCUT2D eigenvalue weighted by Gasteiger charge is 2.32. The van der Waals surface area contributed by atoms with Crippen molar-refractivity contribution in [1.82, 2.24) is 9.80 Å². The SMILES string of the molecule is CC.CCCCCN(C)C[C@H]1CC[C@@H](C)N1C(C)=O. The third-order valence-corrected chi connectivity index (χ3v) is 3.82. The summed E-state index contributed by atoms with van der Waals surface area (Å²) in [7, 11) is 2.18. The molecule has 0 aromatic rings. The fourth-order valence-electron chi connectivity index (χ4n) is 2.90. The molecule has 1 heterocycles. The molecule has 1 aliphatic rings. The minimum atomic E-state index is 0.238. The second-order valence-electron chi connectivity index (χ2n) is 5.48. The van der Waals surface area contributed by atoms with Crippen molar-refractivity contribution >= 4 is 5.91 Å². The number of hydrogen-bond acceptors (Lipinski definition) is 2. The Morgan fingerprint density at radius 1 is 1.26 bits per heavy atom. The molecule has 1 saturated heterocycles. The second kappa shape index (κ2) is 10.2. The topological polar surface area (TPSA) is 23.6 Å². The van der Waals surface area contributed by atoms with Crippen LogP contribution in [0.5, 0.6) is 0 Å². The highest BCUT2D eigenvalue weighted by Crippen LogP contribution is 2.24. The Labute approximate surface area is 120 Å². The largest absolute Gasteiger partial charge is 0.336 e. The van der Waals surface area contributed by atoms with Crippen LogP contribution in [0.25, 0.3) is 0 Å². The Hall–Kier alpha value is -0.570. The Morgan fingerprint density at radius 2 is 1.89 bits per heavy atom. The molecule has 1 amide bonds. The maximum atomic E-state index is 11.6. The Balaban J connectivity index is 0.00000154. The number of likely N-dealkylation sites (N-methyl/N-ethyl adjacent to an activating group) is 1. The Morgan fingerprint density at radius 3 is 2.42 bits per heavy atom. The molecule has 3 heteroatoms. The number of carbonyl (C=O) groups is 1. The van der Waals surface area contributed by atoms with Crippen LogP contribution in [0, 0.1) is 0 Å². The van der Waals surface area contributed by atoms with Crippen LogP contribution in [-0.2, 0) is 4.79 Å². The summed E-state index contributed by atoms with van der Waals surface area (Å²) in [4.78, 5) is 16.1. The zero-order valence-corrected chi connectivity index (χ0v) is 13.9. The molecule has 0 aromatic heterocycles. The average molecular weight is 270 g/mol. The van der Waals surface area contributed by atoms with Gasteiger partial charge in [0.1, 0.15) is 0 Å². The molecule has 19 heavy (non-hydrogen) atoms. The van der Waals surface area contributed by atoms with E-state index in [-0.39, 0.29) is 5.91 Å². The van der Waals surface area contributed by atoms with Crippen molar-refractivity contribution in [2.24, 2.45) is 0 Å². The second-order valence-corrected chi connectivity index (χ2v) is 5.48. The van der Waals surface area contributed by atoms with Crippen molar-refractivity contribution in [3.05, 3.63) is 0 Å². The van der Waals surface area contributed by atoms with Gasteiger partial charge < -0.3 is 9.80 Å². The number of likely N-dealkylation sites (tertiary alicyclic amines) is 1. The first kappa shape index (κ1) is 18.4. The summed E-state index contributed by atoms with van der Waals surface area (Å²) in [6, 6.07) is 0.871. The Bertz CT molecular complexity index is 243. The molecule has 0 radical (unpaired) electrons. The van der Waals surface area contributed by atoms with Gasteiger partial charge in [-0.3, -0.25) is 4.79 Å². The zero-order chi connectivity index (χ0) is 14.8. The molecule has 0 saturated carbocycles. The highest BCUT2D eigenvalue weighted by atomic mass is 16.2. The van der Waals surface area contributed by atoms with Gasteiger partial charge in [-0.1, -0.05) is 33.6 Å². The van der Waals surface area contributed by atoms with Gasteiger partial charge in [0.05, 0.1) is 0 Å². The lowest BCUT2D eigenvalue weighted by molar-refractivity contribution is -0.131. The zero-order valence-electron chi connectivity index (χ0n) is 13.9. The molecule has 0 spiro atoms. The molecule has 1 fully saturated rings. The lowest BCUT2D eigenvalue weighted by Gasteiger charge is -2.30. The minimum absolute atomic E-state index is 0.238. The average Bonchev–Trinajstić information content (AvgIpc) is 2.73. The number of amides is 1. The lowest BCUT2D eigenvalue weighted by Crippen LogP contribution is -2.44. The summed E-state index contributed by atoms with van der Waals surface area (Å²) >= 11 is 0. The van der Waals surface area contributed by atoms with E-state index in [2.05, 4.69) is 30.7 Å². The minimum Gasteiger partial charge on any atom is -0.336 e. The van der Waals surface area contributed by atoms with Crippen LogP contribution in [-0.4, -0.2) is 47.9 Å². The molecule has 1 aliphatic heterocycles. The van der Waals surface area contributed by atoms with Crippen molar-refractivity contribution in [2.75, 3.05) is 20.1 Å². The quantitative estimate of drug-likeness (QED) is 0.689. The molecular formula is C16H34N2O. The summed E-state index contributed by atoms with van der Waals surface area (Å²) in [6.45, 7) is 12.3. The normalized spacial score (nSPS) is 22.4.